The number of rotatable bonds is 18. The maximum Gasteiger partial charge on any atom is 0.0697 e. The van der Waals surface area contributed by atoms with E-state index >= 15 is 0 Å². The molecule has 0 saturated heterocycles. The molecule has 134 valence electrons. The van der Waals surface area contributed by atoms with Crippen molar-refractivity contribution in [3.63, 3.8) is 0 Å². The second-order valence-electron chi connectivity index (χ2n) is 6.84. The molecule has 0 heterocycles. The molecule has 22 heavy (non-hydrogen) atoms. The fourth-order valence-corrected chi connectivity index (χ4v) is 3.67. The molecule has 0 N–H and O–H groups in total. The van der Waals surface area contributed by atoms with Gasteiger partial charge in [-0.3, -0.25) is 0 Å². The molecule has 0 rings (SSSR count). The van der Waals surface area contributed by atoms with Gasteiger partial charge in [0.1, 0.15) is 0 Å². The van der Waals surface area contributed by atoms with E-state index in [1.807, 2.05) is 0 Å². The smallest absolute Gasteiger partial charge is 0.0697 e. The molecule has 0 amide bonds. The van der Waals surface area contributed by atoms with Crippen molar-refractivity contribution in [2.24, 2.45) is 0 Å². The van der Waals surface area contributed by atoms with Crippen LogP contribution in [0.4, 0.5) is 0 Å². The van der Waals surface area contributed by atoms with Crippen LogP contribution in [-0.2, 0) is 0 Å². The van der Waals surface area contributed by atoms with Crippen LogP contribution in [-0.4, -0.2) is 3.74 Å². The van der Waals surface area contributed by atoms with Gasteiger partial charge in [-0.25, -0.2) is 0 Å². The Hall–Kier alpha value is 0.960. The standard InChI is InChI=1S/C20H40Br2/c1-2-3-4-5-6-7-8-9-10-11-12-13-14-15-16-17-18-19-20(21)22/h20H,2-19H2,1H3. The molecule has 0 aliphatic heterocycles. The van der Waals surface area contributed by atoms with E-state index in [1.54, 1.807) is 0 Å². The van der Waals surface area contributed by atoms with E-state index < -0.39 is 0 Å². The molecule has 2 heteroatoms. The Morgan fingerprint density at radius 1 is 0.455 bits per heavy atom. The first-order valence-corrected chi connectivity index (χ1v) is 11.9. The summed E-state index contributed by atoms with van der Waals surface area (Å²) in [5, 5.41) is 0. The van der Waals surface area contributed by atoms with E-state index in [2.05, 4.69) is 38.8 Å². The molecule has 0 saturated carbocycles. The van der Waals surface area contributed by atoms with E-state index in [0.717, 1.165) is 0 Å². The first-order chi connectivity index (χ1) is 10.8. The lowest BCUT2D eigenvalue weighted by Crippen LogP contribution is -1.86. The average Bonchev–Trinajstić information content (AvgIpc) is 2.50. The molecule has 0 aliphatic rings. The van der Waals surface area contributed by atoms with Gasteiger partial charge in [0.05, 0.1) is 3.74 Å². The summed E-state index contributed by atoms with van der Waals surface area (Å²) in [6.07, 6.45) is 25.9. The second kappa shape index (κ2) is 20.0. The van der Waals surface area contributed by atoms with E-state index in [-0.39, 0.29) is 0 Å². The van der Waals surface area contributed by atoms with Crippen molar-refractivity contribution in [1.82, 2.24) is 0 Å². The fraction of sp³-hybridized carbons (Fsp3) is 1.00. The monoisotopic (exact) mass is 438 g/mol. The molecule has 0 nitrogen and oxygen atoms in total. The van der Waals surface area contributed by atoms with Gasteiger partial charge in [-0.05, 0) is 6.42 Å². The van der Waals surface area contributed by atoms with Crippen LogP contribution in [0.3, 0.4) is 0 Å². The van der Waals surface area contributed by atoms with Gasteiger partial charge in [0.2, 0.25) is 0 Å². The van der Waals surface area contributed by atoms with E-state index in [1.165, 1.54) is 116 Å². The third-order valence-corrected chi connectivity index (χ3v) is 5.44. The zero-order valence-corrected chi connectivity index (χ0v) is 18.2. The molecule has 0 spiro atoms. The van der Waals surface area contributed by atoms with Gasteiger partial charge < -0.3 is 0 Å². The Bertz CT molecular complexity index is 192. The quantitative estimate of drug-likeness (QED) is 0.147. The molecule has 0 aromatic rings. The van der Waals surface area contributed by atoms with Gasteiger partial charge >= 0.3 is 0 Å². The minimum atomic E-state index is 0.524. The van der Waals surface area contributed by atoms with Gasteiger partial charge in [0.15, 0.2) is 0 Å². The fourth-order valence-electron chi connectivity index (χ4n) is 3.02. The van der Waals surface area contributed by atoms with Crippen LogP contribution in [0, 0.1) is 0 Å². The van der Waals surface area contributed by atoms with Crippen molar-refractivity contribution in [1.29, 1.82) is 0 Å². The van der Waals surface area contributed by atoms with Crippen LogP contribution in [0.1, 0.15) is 122 Å². The van der Waals surface area contributed by atoms with Crippen LogP contribution in [0.25, 0.3) is 0 Å². The summed E-state index contributed by atoms with van der Waals surface area (Å²) in [5.74, 6) is 0. The molecule has 0 atom stereocenters. The van der Waals surface area contributed by atoms with Crippen LogP contribution in [0.15, 0.2) is 0 Å². The third kappa shape index (κ3) is 21.0. The second-order valence-corrected chi connectivity index (χ2v) is 10.3. The van der Waals surface area contributed by atoms with Gasteiger partial charge in [0.25, 0.3) is 0 Å². The van der Waals surface area contributed by atoms with Crippen molar-refractivity contribution >= 4 is 31.9 Å². The zero-order chi connectivity index (χ0) is 16.3. The van der Waals surface area contributed by atoms with E-state index in [4.69, 9.17) is 0 Å². The predicted octanol–water partition coefficient (Wildman–Crippen LogP) is 9.14. The molecule has 0 aromatic carbocycles. The molecule has 0 aromatic heterocycles. The van der Waals surface area contributed by atoms with E-state index in [9.17, 15) is 0 Å². The molecule has 0 radical (unpaired) electrons. The summed E-state index contributed by atoms with van der Waals surface area (Å²) in [4.78, 5) is 0. The first kappa shape index (κ1) is 23.0. The third-order valence-electron chi connectivity index (χ3n) is 4.53. The summed E-state index contributed by atoms with van der Waals surface area (Å²) in [5.41, 5.74) is 0. The highest BCUT2D eigenvalue weighted by Crippen LogP contribution is 2.18. The minimum Gasteiger partial charge on any atom is -0.0765 e. The molecular formula is C20H40Br2. The zero-order valence-electron chi connectivity index (χ0n) is 15.1. The first-order valence-electron chi connectivity index (χ1n) is 10.1. The number of alkyl halides is 2. The molecule has 0 bridgehead atoms. The largest absolute Gasteiger partial charge is 0.0765 e. The van der Waals surface area contributed by atoms with Crippen LogP contribution >= 0.6 is 31.9 Å². The topological polar surface area (TPSA) is 0 Å². The molecule has 0 fully saturated rings. The highest BCUT2D eigenvalue weighted by atomic mass is 79.9. The summed E-state index contributed by atoms with van der Waals surface area (Å²) < 4.78 is 0.524. The predicted molar refractivity (Wildman–Crippen MR) is 110 cm³/mol. The van der Waals surface area contributed by atoms with Crippen LogP contribution in [0.2, 0.25) is 0 Å². The lowest BCUT2D eigenvalue weighted by Gasteiger charge is -2.04. The number of hydrogen-bond donors (Lipinski definition) is 0. The molecular weight excluding hydrogens is 400 g/mol. The number of halogens is 2. The Kier molecular flexibility index (Phi) is 20.9. The highest BCUT2D eigenvalue weighted by Gasteiger charge is 1.97. The lowest BCUT2D eigenvalue weighted by atomic mass is 10.0. The number of hydrogen-bond acceptors (Lipinski definition) is 0. The average molecular weight is 440 g/mol. The van der Waals surface area contributed by atoms with Gasteiger partial charge in [-0.15, -0.1) is 0 Å². The lowest BCUT2D eigenvalue weighted by molar-refractivity contribution is 0.526. The number of unbranched alkanes of at least 4 members (excludes halogenated alkanes) is 16. The van der Waals surface area contributed by atoms with Crippen molar-refractivity contribution in [3.8, 4) is 0 Å². The summed E-state index contributed by atoms with van der Waals surface area (Å²) in [6, 6.07) is 0. The summed E-state index contributed by atoms with van der Waals surface area (Å²) in [6.45, 7) is 2.30. The van der Waals surface area contributed by atoms with Crippen molar-refractivity contribution in [2.75, 3.05) is 0 Å². The summed E-state index contributed by atoms with van der Waals surface area (Å²) in [7, 11) is 0. The normalized spacial score (nSPS) is 11.5. The Labute approximate surface area is 157 Å². The maximum atomic E-state index is 3.54. The van der Waals surface area contributed by atoms with Gasteiger partial charge in [-0.1, -0.05) is 148 Å². The minimum absolute atomic E-state index is 0.524. The highest BCUT2D eigenvalue weighted by molar-refractivity contribution is 9.24. The van der Waals surface area contributed by atoms with Gasteiger partial charge in [-0.2, -0.15) is 0 Å². The van der Waals surface area contributed by atoms with Crippen molar-refractivity contribution < 1.29 is 0 Å². The maximum absolute atomic E-state index is 3.54. The van der Waals surface area contributed by atoms with Crippen LogP contribution < -0.4 is 0 Å². The SMILES string of the molecule is CCCCCCCCCCCCCCCCCCCC(Br)Br. The molecule has 0 unspecified atom stereocenters. The van der Waals surface area contributed by atoms with Crippen molar-refractivity contribution in [3.05, 3.63) is 0 Å². The van der Waals surface area contributed by atoms with Crippen molar-refractivity contribution in [2.45, 2.75) is 126 Å². The Morgan fingerprint density at radius 2 is 0.727 bits per heavy atom. The van der Waals surface area contributed by atoms with Crippen LogP contribution in [0.5, 0.6) is 0 Å². The Balaban J connectivity index is 2.94. The summed E-state index contributed by atoms with van der Waals surface area (Å²) >= 11 is 7.08. The van der Waals surface area contributed by atoms with E-state index in [0.29, 0.717) is 3.74 Å². The Morgan fingerprint density at radius 3 is 1.00 bits per heavy atom. The molecule has 0 aliphatic carbocycles. The van der Waals surface area contributed by atoms with Gasteiger partial charge in [0, 0.05) is 0 Å².